The van der Waals surface area contributed by atoms with Crippen molar-refractivity contribution >= 4 is 0 Å². The van der Waals surface area contributed by atoms with Crippen LogP contribution in [0.25, 0.3) is 0 Å². The first-order valence-electron chi connectivity index (χ1n) is 4.91. The highest BCUT2D eigenvalue weighted by atomic mass is 16.3. The fourth-order valence-electron chi connectivity index (χ4n) is 1.40. The normalized spacial score (nSPS) is 15.5. The van der Waals surface area contributed by atoms with Crippen LogP contribution in [-0.2, 0) is 0 Å². The molecule has 0 heterocycles. The topological polar surface area (TPSA) is 49.5 Å². The summed E-state index contributed by atoms with van der Waals surface area (Å²) >= 11 is 0. The minimum Gasteiger partial charge on any atom is -0.387 e. The summed E-state index contributed by atoms with van der Waals surface area (Å²) in [4.78, 5) is 0. The van der Waals surface area contributed by atoms with Crippen LogP contribution in [0, 0.1) is 0 Å². The number of hydrazine groups is 1. The van der Waals surface area contributed by atoms with E-state index in [1.54, 1.807) is 5.01 Å². The molecular weight excluding hydrogens is 176 g/mol. The van der Waals surface area contributed by atoms with Crippen molar-refractivity contribution in [3.8, 4) is 0 Å². The third-order valence-corrected chi connectivity index (χ3v) is 2.49. The van der Waals surface area contributed by atoms with E-state index in [4.69, 9.17) is 5.84 Å². The molecule has 1 rings (SSSR count). The van der Waals surface area contributed by atoms with Gasteiger partial charge in [-0.25, -0.2) is 5.01 Å². The average Bonchev–Trinajstić information content (AvgIpc) is 2.27. The van der Waals surface area contributed by atoms with Gasteiger partial charge in [0, 0.05) is 6.54 Å². The van der Waals surface area contributed by atoms with Crippen LogP contribution in [0.5, 0.6) is 0 Å². The molecular formula is C11H18N2O. The molecule has 3 nitrogen and oxygen atoms in total. The molecule has 1 aromatic carbocycles. The van der Waals surface area contributed by atoms with E-state index in [-0.39, 0.29) is 6.04 Å². The van der Waals surface area contributed by atoms with Gasteiger partial charge in [-0.05, 0) is 12.5 Å². The Morgan fingerprint density at radius 1 is 1.36 bits per heavy atom. The predicted octanol–water partition coefficient (Wildman–Crippen LogP) is 1.30. The van der Waals surface area contributed by atoms with Crippen LogP contribution < -0.4 is 5.84 Å². The predicted molar refractivity (Wildman–Crippen MR) is 57.4 cm³/mol. The summed E-state index contributed by atoms with van der Waals surface area (Å²) in [7, 11) is 0. The third-order valence-electron chi connectivity index (χ3n) is 2.49. The average molecular weight is 194 g/mol. The van der Waals surface area contributed by atoms with Gasteiger partial charge < -0.3 is 5.11 Å². The van der Waals surface area contributed by atoms with Gasteiger partial charge in [-0.1, -0.05) is 37.3 Å². The number of nitrogens with zero attached hydrogens (tertiary/aromatic N) is 1. The number of aliphatic hydroxyl groups is 1. The van der Waals surface area contributed by atoms with E-state index in [9.17, 15) is 5.11 Å². The Morgan fingerprint density at radius 3 is 2.43 bits per heavy atom. The maximum atomic E-state index is 9.97. The molecule has 3 N–H and O–H groups in total. The Labute approximate surface area is 85.1 Å². The Bertz CT molecular complexity index is 263. The van der Waals surface area contributed by atoms with Gasteiger partial charge in [0.1, 0.15) is 0 Å². The monoisotopic (exact) mass is 194 g/mol. The standard InChI is InChI=1S/C11H18N2O/c1-3-13(12)9(2)11(14)10-7-5-4-6-8-10/h4-9,11,14H,3,12H2,1-2H3/t9-,11?/m1/s1. The summed E-state index contributed by atoms with van der Waals surface area (Å²) in [5.41, 5.74) is 0.906. The molecule has 0 spiro atoms. The molecule has 0 fully saturated rings. The fourth-order valence-corrected chi connectivity index (χ4v) is 1.40. The van der Waals surface area contributed by atoms with Crippen LogP contribution in [0.1, 0.15) is 25.5 Å². The number of hydrogen-bond donors (Lipinski definition) is 2. The first-order chi connectivity index (χ1) is 6.66. The second-order valence-corrected chi connectivity index (χ2v) is 3.43. The lowest BCUT2D eigenvalue weighted by Crippen LogP contribution is -2.42. The van der Waals surface area contributed by atoms with E-state index in [2.05, 4.69) is 0 Å². The summed E-state index contributed by atoms with van der Waals surface area (Å²) in [6, 6.07) is 9.51. The van der Waals surface area contributed by atoms with Crippen molar-refractivity contribution in [3.05, 3.63) is 35.9 Å². The fraction of sp³-hybridized carbons (Fsp3) is 0.455. The zero-order chi connectivity index (χ0) is 10.6. The number of aliphatic hydroxyl groups excluding tert-OH is 1. The van der Waals surface area contributed by atoms with E-state index in [0.29, 0.717) is 0 Å². The number of nitrogens with two attached hydrogens (primary N) is 1. The number of benzene rings is 1. The van der Waals surface area contributed by atoms with Crippen LogP contribution >= 0.6 is 0 Å². The van der Waals surface area contributed by atoms with E-state index in [1.165, 1.54) is 0 Å². The zero-order valence-electron chi connectivity index (χ0n) is 8.72. The van der Waals surface area contributed by atoms with Gasteiger partial charge in [-0.2, -0.15) is 0 Å². The highest BCUT2D eigenvalue weighted by Gasteiger charge is 2.19. The number of likely N-dealkylation sites (N-methyl/N-ethyl adjacent to an activating group) is 1. The van der Waals surface area contributed by atoms with Gasteiger partial charge in [-0.3, -0.25) is 5.84 Å². The van der Waals surface area contributed by atoms with Crippen molar-refractivity contribution in [2.45, 2.75) is 26.0 Å². The van der Waals surface area contributed by atoms with Gasteiger partial charge in [0.15, 0.2) is 0 Å². The first kappa shape index (κ1) is 11.2. The molecule has 0 saturated carbocycles. The van der Waals surface area contributed by atoms with E-state index in [1.807, 2.05) is 44.2 Å². The van der Waals surface area contributed by atoms with Crippen LogP contribution in [0.3, 0.4) is 0 Å². The van der Waals surface area contributed by atoms with Gasteiger partial charge >= 0.3 is 0 Å². The Hall–Kier alpha value is -0.900. The van der Waals surface area contributed by atoms with Crippen molar-refractivity contribution in [2.24, 2.45) is 5.84 Å². The van der Waals surface area contributed by atoms with Gasteiger partial charge in [0.2, 0.25) is 0 Å². The summed E-state index contributed by atoms with van der Waals surface area (Å²) in [6.07, 6.45) is -0.527. The first-order valence-corrected chi connectivity index (χ1v) is 4.91. The van der Waals surface area contributed by atoms with Crippen LogP contribution in [0.4, 0.5) is 0 Å². The molecule has 0 aliphatic heterocycles. The molecule has 0 aromatic heterocycles. The molecule has 0 aliphatic carbocycles. The quantitative estimate of drug-likeness (QED) is 0.561. The minimum absolute atomic E-state index is 0.0672. The summed E-state index contributed by atoms with van der Waals surface area (Å²) in [5.74, 6) is 5.73. The van der Waals surface area contributed by atoms with E-state index >= 15 is 0 Å². The highest BCUT2D eigenvalue weighted by molar-refractivity contribution is 5.18. The number of rotatable bonds is 4. The van der Waals surface area contributed by atoms with Gasteiger partial charge in [0.25, 0.3) is 0 Å². The molecule has 0 saturated heterocycles. The maximum Gasteiger partial charge on any atom is 0.0956 e. The number of hydrogen-bond acceptors (Lipinski definition) is 3. The van der Waals surface area contributed by atoms with Crippen molar-refractivity contribution in [3.63, 3.8) is 0 Å². The molecule has 0 bridgehead atoms. The highest BCUT2D eigenvalue weighted by Crippen LogP contribution is 2.18. The maximum absolute atomic E-state index is 9.97. The van der Waals surface area contributed by atoms with Gasteiger partial charge in [0.05, 0.1) is 12.1 Å². The Balaban J connectivity index is 2.70. The molecule has 1 unspecified atom stereocenters. The van der Waals surface area contributed by atoms with Crippen molar-refractivity contribution in [1.82, 2.24) is 5.01 Å². The van der Waals surface area contributed by atoms with Crippen LogP contribution in [0.15, 0.2) is 30.3 Å². The van der Waals surface area contributed by atoms with Gasteiger partial charge in [-0.15, -0.1) is 0 Å². The smallest absolute Gasteiger partial charge is 0.0956 e. The molecule has 78 valence electrons. The zero-order valence-corrected chi connectivity index (χ0v) is 8.72. The molecule has 14 heavy (non-hydrogen) atoms. The lowest BCUT2D eigenvalue weighted by Gasteiger charge is -2.27. The summed E-state index contributed by atoms with van der Waals surface area (Å²) < 4.78 is 0. The van der Waals surface area contributed by atoms with E-state index in [0.717, 1.165) is 12.1 Å². The SMILES string of the molecule is CCN(N)[C@H](C)C(O)c1ccccc1. The Kier molecular flexibility index (Phi) is 4.07. The van der Waals surface area contributed by atoms with Crippen molar-refractivity contribution < 1.29 is 5.11 Å². The lowest BCUT2D eigenvalue weighted by molar-refractivity contribution is 0.0608. The molecule has 0 radical (unpaired) electrons. The largest absolute Gasteiger partial charge is 0.387 e. The summed E-state index contributed by atoms with van der Waals surface area (Å²) in [5, 5.41) is 11.6. The lowest BCUT2D eigenvalue weighted by atomic mass is 10.0. The van der Waals surface area contributed by atoms with Crippen LogP contribution in [0.2, 0.25) is 0 Å². The second-order valence-electron chi connectivity index (χ2n) is 3.43. The van der Waals surface area contributed by atoms with Crippen LogP contribution in [-0.4, -0.2) is 22.7 Å². The minimum atomic E-state index is -0.527. The molecule has 2 atom stereocenters. The van der Waals surface area contributed by atoms with Crippen molar-refractivity contribution in [2.75, 3.05) is 6.54 Å². The summed E-state index contributed by atoms with van der Waals surface area (Å²) in [6.45, 7) is 4.61. The van der Waals surface area contributed by atoms with E-state index < -0.39 is 6.10 Å². The third kappa shape index (κ3) is 2.54. The second kappa shape index (κ2) is 5.10. The molecule has 1 aromatic rings. The van der Waals surface area contributed by atoms with Crippen molar-refractivity contribution in [1.29, 1.82) is 0 Å². The molecule has 0 aliphatic rings. The molecule has 0 amide bonds. The molecule has 3 heteroatoms. The Morgan fingerprint density at radius 2 is 1.93 bits per heavy atom.